The molecule has 3 aromatic heterocycles. The van der Waals surface area contributed by atoms with Crippen molar-refractivity contribution >= 4 is 43.6 Å². The number of fused-ring (bicyclic) bond motifs is 6. The second kappa shape index (κ2) is 22.7. The highest BCUT2D eigenvalue weighted by Gasteiger charge is 2.25. The highest BCUT2D eigenvalue weighted by atomic mass is 15.0. The van der Waals surface area contributed by atoms with Crippen LogP contribution in [0, 0.1) is 83.1 Å². The summed E-state index contributed by atoms with van der Waals surface area (Å²) in [6, 6.07) is 86.3. The fourth-order valence-electron chi connectivity index (χ4n) is 15.8. The van der Waals surface area contributed by atoms with E-state index in [1.54, 1.807) is 0 Å². The first-order chi connectivity index (χ1) is 44.5. The van der Waals surface area contributed by atoms with Gasteiger partial charge in [0, 0.05) is 49.4 Å². The lowest BCUT2D eigenvalue weighted by molar-refractivity contribution is 1.15. The highest BCUT2D eigenvalue weighted by molar-refractivity contribution is 6.14. The Balaban J connectivity index is 1.04. The number of aryl methyl sites for hydroxylation is 12. The van der Waals surface area contributed by atoms with E-state index in [2.05, 4.69) is 323 Å². The van der Waals surface area contributed by atoms with Gasteiger partial charge in [-0.1, -0.05) is 174 Å². The molecule has 0 saturated carbocycles. The lowest BCUT2D eigenvalue weighted by atomic mass is 9.91. The van der Waals surface area contributed by atoms with Crippen molar-refractivity contribution in [2.24, 2.45) is 0 Å². The Kier molecular flexibility index (Phi) is 14.2. The zero-order chi connectivity index (χ0) is 63.4. The van der Waals surface area contributed by atoms with Crippen LogP contribution in [0.1, 0.15) is 66.8 Å². The highest BCUT2D eigenvalue weighted by Crippen LogP contribution is 2.47. The molecule has 0 unspecified atom stereocenters. The van der Waals surface area contributed by atoms with Crippen molar-refractivity contribution in [3.63, 3.8) is 0 Å². The van der Waals surface area contributed by atoms with Crippen LogP contribution in [0.5, 0.6) is 0 Å². The Bertz CT molecular complexity index is 5140. The molecule has 15 aromatic rings. The summed E-state index contributed by atoms with van der Waals surface area (Å²) in [6.07, 6.45) is 0. The van der Waals surface area contributed by atoms with E-state index < -0.39 is 0 Å². The molecule has 15 rings (SSSR count). The third kappa shape index (κ3) is 9.93. The molecule has 3 heterocycles. The lowest BCUT2D eigenvalue weighted by Crippen LogP contribution is -2.03. The first-order valence-electron chi connectivity index (χ1n) is 32.3. The third-order valence-electron chi connectivity index (χ3n) is 19.2. The number of nitrogens with zero attached hydrogens (tertiary/aromatic N) is 4. The van der Waals surface area contributed by atoms with Crippen LogP contribution in [0.2, 0.25) is 0 Å². The Labute approximate surface area is 540 Å². The van der Waals surface area contributed by atoms with Crippen molar-refractivity contribution in [2.45, 2.75) is 83.1 Å². The van der Waals surface area contributed by atoms with Gasteiger partial charge in [0.25, 0.3) is 0 Å². The molecule has 0 aliphatic carbocycles. The zero-order valence-electron chi connectivity index (χ0n) is 54.7. The number of para-hydroxylation sites is 1. The standard InChI is InChI=1S/C88H74N4/c1-51-37-55(5)84(56(6)38-51)65-27-32-80-72(45-65)73-46-66(85-57(7)39-52(2)40-58(85)8)28-33-81(73)91(80)78-26-20-19-25-70(78)71-49-69(88-89-76(63-21-15-13-16-22-63)50-77(90-88)64-23-17-14-18-24-64)31-36-79(71)92-82-34-29-67(86-59(9)41-53(3)42-60(86)10)47-74(82)75-48-68(30-35-83(75)92)87-61(11)43-54(4)44-62(87)12/h13-50H,1-12H3. The Morgan fingerprint density at radius 1 is 0.228 bits per heavy atom. The van der Waals surface area contributed by atoms with Crippen LogP contribution in [-0.4, -0.2) is 19.1 Å². The fraction of sp³-hybridized carbons (Fsp3) is 0.136. The van der Waals surface area contributed by atoms with Crippen molar-refractivity contribution in [2.75, 3.05) is 0 Å². The minimum atomic E-state index is 0.653. The average Bonchev–Trinajstić information content (AvgIpc) is 1.56. The summed E-state index contributed by atoms with van der Waals surface area (Å²) < 4.78 is 5.05. The number of hydrogen-bond donors (Lipinski definition) is 0. The number of benzene rings is 12. The Morgan fingerprint density at radius 2 is 0.522 bits per heavy atom. The van der Waals surface area contributed by atoms with Gasteiger partial charge in [-0.25, -0.2) is 9.97 Å². The van der Waals surface area contributed by atoms with Gasteiger partial charge in [-0.15, -0.1) is 0 Å². The van der Waals surface area contributed by atoms with Crippen LogP contribution in [0.25, 0.3) is 145 Å². The number of rotatable bonds is 10. The monoisotopic (exact) mass is 1190 g/mol. The fourth-order valence-corrected chi connectivity index (χ4v) is 15.8. The summed E-state index contributed by atoms with van der Waals surface area (Å²) >= 11 is 0. The molecule has 0 aliphatic heterocycles. The van der Waals surface area contributed by atoms with Gasteiger partial charge in [0.2, 0.25) is 0 Å². The van der Waals surface area contributed by atoms with Gasteiger partial charge in [-0.3, -0.25) is 0 Å². The van der Waals surface area contributed by atoms with Crippen LogP contribution >= 0.6 is 0 Å². The van der Waals surface area contributed by atoms with Crippen molar-refractivity contribution in [3.05, 3.63) is 297 Å². The molecular weight excluding hydrogens is 1110 g/mol. The van der Waals surface area contributed by atoms with Gasteiger partial charge in [-0.05, 0) is 251 Å². The van der Waals surface area contributed by atoms with Gasteiger partial charge in [-0.2, -0.15) is 0 Å². The maximum Gasteiger partial charge on any atom is 0.160 e. The largest absolute Gasteiger partial charge is 0.309 e. The van der Waals surface area contributed by atoms with E-state index in [0.29, 0.717) is 5.82 Å². The first-order valence-corrected chi connectivity index (χ1v) is 32.3. The molecule has 0 amide bonds. The molecule has 0 bridgehead atoms. The lowest BCUT2D eigenvalue weighted by Gasteiger charge is -2.20. The van der Waals surface area contributed by atoms with Crippen molar-refractivity contribution in [1.82, 2.24) is 19.1 Å². The molecule has 92 heavy (non-hydrogen) atoms. The van der Waals surface area contributed by atoms with Crippen LogP contribution in [0.3, 0.4) is 0 Å². The van der Waals surface area contributed by atoms with Gasteiger partial charge < -0.3 is 9.13 Å². The minimum Gasteiger partial charge on any atom is -0.309 e. The smallest absolute Gasteiger partial charge is 0.160 e. The molecular formula is C88H74N4. The molecule has 0 radical (unpaired) electrons. The maximum atomic E-state index is 5.47. The third-order valence-corrected chi connectivity index (χ3v) is 19.2. The number of hydrogen-bond acceptors (Lipinski definition) is 2. The molecule has 0 fully saturated rings. The van der Waals surface area contributed by atoms with Crippen molar-refractivity contribution in [3.8, 4) is 101 Å². The first kappa shape index (κ1) is 57.7. The van der Waals surface area contributed by atoms with Gasteiger partial charge >= 0.3 is 0 Å². The van der Waals surface area contributed by atoms with Crippen LogP contribution in [-0.2, 0) is 0 Å². The van der Waals surface area contributed by atoms with Crippen LogP contribution in [0.15, 0.2) is 231 Å². The van der Waals surface area contributed by atoms with Crippen LogP contribution < -0.4 is 0 Å². The van der Waals surface area contributed by atoms with Gasteiger partial charge in [0.1, 0.15) is 0 Å². The molecule has 0 aliphatic rings. The number of aromatic nitrogens is 4. The molecule has 0 saturated heterocycles. The molecule has 4 nitrogen and oxygen atoms in total. The van der Waals surface area contributed by atoms with E-state index in [1.807, 2.05) is 0 Å². The minimum absolute atomic E-state index is 0.653. The summed E-state index contributed by atoms with van der Waals surface area (Å²) in [4.78, 5) is 10.9. The topological polar surface area (TPSA) is 35.6 Å². The average molecular weight is 1190 g/mol. The van der Waals surface area contributed by atoms with E-state index >= 15 is 0 Å². The molecule has 446 valence electrons. The van der Waals surface area contributed by atoms with Crippen molar-refractivity contribution in [1.29, 1.82) is 0 Å². The predicted molar refractivity (Wildman–Crippen MR) is 391 cm³/mol. The molecule has 12 aromatic carbocycles. The Hall–Kier alpha value is -10.7. The van der Waals surface area contributed by atoms with E-state index in [1.165, 1.54) is 133 Å². The van der Waals surface area contributed by atoms with E-state index in [-0.39, 0.29) is 0 Å². The Morgan fingerprint density at radius 3 is 0.859 bits per heavy atom. The summed E-state index contributed by atoms with van der Waals surface area (Å²) in [5.74, 6) is 0.653. The van der Waals surface area contributed by atoms with E-state index in [9.17, 15) is 0 Å². The van der Waals surface area contributed by atoms with E-state index in [4.69, 9.17) is 9.97 Å². The second-order valence-electron chi connectivity index (χ2n) is 26.1. The van der Waals surface area contributed by atoms with Crippen LogP contribution in [0.4, 0.5) is 0 Å². The quantitative estimate of drug-likeness (QED) is 0.137. The molecule has 0 atom stereocenters. The van der Waals surface area contributed by atoms with Gasteiger partial charge in [0.05, 0.1) is 44.8 Å². The zero-order valence-corrected chi connectivity index (χ0v) is 54.7. The van der Waals surface area contributed by atoms with Gasteiger partial charge in [0.15, 0.2) is 5.82 Å². The predicted octanol–water partition coefficient (Wildman–Crippen LogP) is 23.7. The summed E-state index contributed by atoms with van der Waals surface area (Å²) in [6.45, 7) is 26.8. The summed E-state index contributed by atoms with van der Waals surface area (Å²) in [7, 11) is 0. The molecule has 0 spiro atoms. The van der Waals surface area contributed by atoms with E-state index in [0.717, 1.165) is 72.6 Å². The maximum absolute atomic E-state index is 5.47. The normalized spacial score (nSPS) is 11.7. The second-order valence-corrected chi connectivity index (χ2v) is 26.1. The summed E-state index contributed by atoms with van der Waals surface area (Å²) in [5.41, 5.74) is 38.8. The SMILES string of the molecule is Cc1cc(C)c(-c2ccc3c(c2)c2cc(-c4c(C)cc(C)cc4C)ccc2n3-c2ccccc2-c2cc(-c3nc(-c4ccccc4)cc(-c4ccccc4)n3)ccc2-n2c3ccc(-c4c(C)cc(C)cc4C)cc3c3cc(-c4c(C)cc(C)cc4C)ccc32)c(C)c1. The molecule has 0 N–H and O–H groups in total. The van der Waals surface area contributed by atoms with Crippen molar-refractivity contribution < 1.29 is 0 Å². The summed E-state index contributed by atoms with van der Waals surface area (Å²) in [5, 5.41) is 4.80. The molecule has 4 heteroatoms.